The number of nitrogens with one attached hydrogen (secondary N) is 1. The highest BCUT2D eigenvalue weighted by molar-refractivity contribution is 5.27. The Morgan fingerprint density at radius 3 is 2.62 bits per heavy atom. The average molecular weight is 291 g/mol. The normalized spacial score (nSPS) is 12.2. The Hall–Kier alpha value is -1.94. The monoisotopic (exact) mass is 291 g/mol. The molecule has 0 amide bonds. The van der Waals surface area contributed by atoms with Gasteiger partial charge in [-0.25, -0.2) is 8.78 Å². The molecule has 2 aromatic carbocycles. The van der Waals surface area contributed by atoms with E-state index in [1.807, 2.05) is 31.2 Å². The molecule has 0 aliphatic rings. The Labute approximate surface area is 123 Å². The maximum absolute atomic E-state index is 13.8. The van der Waals surface area contributed by atoms with Crippen LogP contribution in [-0.2, 0) is 0 Å². The van der Waals surface area contributed by atoms with Crippen LogP contribution < -0.4 is 10.1 Å². The number of benzene rings is 2. The SMILES string of the molecule is CNC(CCOc1cccc(C)c1)c1ccc(F)cc1F. The largest absolute Gasteiger partial charge is 0.494 e. The average Bonchev–Trinajstić information content (AvgIpc) is 2.45. The first-order chi connectivity index (χ1) is 10.1. The van der Waals surface area contributed by atoms with Crippen molar-refractivity contribution in [2.45, 2.75) is 19.4 Å². The molecule has 21 heavy (non-hydrogen) atoms. The molecule has 1 N–H and O–H groups in total. The molecule has 1 atom stereocenters. The Balaban J connectivity index is 1.96. The van der Waals surface area contributed by atoms with Crippen molar-refractivity contribution in [3.63, 3.8) is 0 Å². The first-order valence-electron chi connectivity index (χ1n) is 6.92. The molecule has 0 aliphatic carbocycles. The van der Waals surface area contributed by atoms with Gasteiger partial charge in [-0.2, -0.15) is 0 Å². The Kier molecular flexibility index (Phi) is 5.28. The lowest BCUT2D eigenvalue weighted by atomic mass is 10.0. The smallest absolute Gasteiger partial charge is 0.130 e. The van der Waals surface area contributed by atoms with Gasteiger partial charge in [0.1, 0.15) is 17.4 Å². The van der Waals surface area contributed by atoms with Crippen LogP contribution in [0, 0.1) is 18.6 Å². The fraction of sp³-hybridized carbons (Fsp3) is 0.294. The number of hydrogen-bond acceptors (Lipinski definition) is 2. The molecule has 0 spiro atoms. The third-order valence-electron chi connectivity index (χ3n) is 3.35. The van der Waals surface area contributed by atoms with Crippen molar-refractivity contribution in [1.29, 1.82) is 0 Å². The lowest BCUT2D eigenvalue weighted by Crippen LogP contribution is -2.20. The van der Waals surface area contributed by atoms with Gasteiger partial charge < -0.3 is 10.1 Å². The summed E-state index contributed by atoms with van der Waals surface area (Å²) >= 11 is 0. The number of rotatable bonds is 6. The van der Waals surface area contributed by atoms with E-state index in [4.69, 9.17) is 4.74 Å². The maximum Gasteiger partial charge on any atom is 0.130 e. The highest BCUT2D eigenvalue weighted by Gasteiger charge is 2.14. The number of aryl methyl sites for hydroxylation is 1. The van der Waals surface area contributed by atoms with Crippen molar-refractivity contribution in [3.05, 3.63) is 65.2 Å². The summed E-state index contributed by atoms with van der Waals surface area (Å²) in [4.78, 5) is 0. The standard InChI is InChI=1S/C17H19F2NO/c1-12-4-3-5-14(10-12)21-9-8-17(20-2)15-7-6-13(18)11-16(15)19/h3-7,10-11,17,20H,8-9H2,1-2H3. The van der Waals surface area contributed by atoms with Crippen LogP contribution in [0.4, 0.5) is 8.78 Å². The molecule has 0 radical (unpaired) electrons. The van der Waals surface area contributed by atoms with Gasteiger partial charge >= 0.3 is 0 Å². The Bertz CT molecular complexity index is 601. The van der Waals surface area contributed by atoms with Crippen LogP contribution in [0.3, 0.4) is 0 Å². The molecule has 0 aromatic heterocycles. The Morgan fingerprint density at radius 2 is 1.95 bits per heavy atom. The number of hydrogen-bond donors (Lipinski definition) is 1. The summed E-state index contributed by atoms with van der Waals surface area (Å²) in [6, 6.07) is 11.2. The molecular formula is C17H19F2NO. The zero-order chi connectivity index (χ0) is 15.2. The van der Waals surface area contributed by atoms with E-state index >= 15 is 0 Å². The van der Waals surface area contributed by atoms with Gasteiger partial charge in [0.15, 0.2) is 0 Å². The lowest BCUT2D eigenvalue weighted by Gasteiger charge is -2.18. The molecule has 0 fully saturated rings. The topological polar surface area (TPSA) is 21.3 Å². The van der Waals surface area contributed by atoms with Crippen molar-refractivity contribution in [2.24, 2.45) is 0 Å². The van der Waals surface area contributed by atoms with Crippen molar-refractivity contribution in [2.75, 3.05) is 13.7 Å². The molecule has 0 aliphatic heterocycles. The minimum absolute atomic E-state index is 0.213. The minimum Gasteiger partial charge on any atom is -0.494 e. The van der Waals surface area contributed by atoms with Gasteiger partial charge in [-0.3, -0.25) is 0 Å². The van der Waals surface area contributed by atoms with Gasteiger partial charge in [0.05, 0.1) is 6.61 Å². The molecule has 2 rings (SSSR count). The van der Waals surface area contributed by atoms with E-state index in [2.05, 4.69) is 5.32 Å². The summed E-state index contributed by atoms with van der Waals surface area (Å²) in [6.07, 6.45) is 0.590. The second-order valence-corrected chi connectivity index (χ2v) is 4.96. The molecule has 0 bridgehead atoms. The van der Waals surface area contributed by atoms with Crippen LogP contribution in [0.1, 0.15) is 23.6 Å². The third kappa shape index (κ3) is 4.26. The maximum atomic E-state index is 13.8. The quantitative estimate of drug-likeness (QED) is 0.868. The first-order valence-corrected chi connectivity index (χ1v) is 6.92. The van der Waals surface area contributed by atoms with Crippen molar-refractivity contribution < 1.29 is 13.5 Å². The predicted molar refractivity (Wildman–Crippen MR) is 79.4 cm³/mol. The molecule has 2 aromatic rings. The summed E-state index contributed by atoms with van der Waals surface area (Å²) in [5.41, 5.74) is 1.58. The number of halogens is 2. The van der Waals surface area contributed by atoms with E-state index in [0.717, 1.165) is 17.4 Å². The van der Waals surface area contributed by atoms with Crippen LogP contribution in [0.25, 0.3) is 0 Å². The van der Waals surface area contributed by atoms with Crippen molar-refractivity contribution in [3.8, 4) is 5.75 Å². The summed E-state index contributed by atoms with van der Waals surface area (Å²) in [5, 5.41) is 3.03. The molecule has 0 saturated heterocycles. The van der Waals surface area contributed by atoms with Crippen LogP contribution in [0.2, 0.25) is 0 Å². The van der Waals surface area contributed by atoms with Crippen LogP contribution in [-0.4, -0.2) is 13.7 Å². The van der Waals surface area contributed by atoms with E-state index in [9.17, 15) is 8.78 Å². The minimum atomic E-state index is -0.567. The lowest BCUT2D eigenvalue weighted by molar-refractivity contribution is 0.288. The zero-order valence-electron chi connectivity index (χ0n) is 12.2. The first kappa shape index (κ1) is 15.4. The fourth-order valence-corrected chi connectivity index (χ4v) is 2.24. The van der Waals surface area contributed by atoms with E-state index in [0.29, 0.717) is 18.6 Å². The molecular weight excluding hydrogens is 272 g/mol. The van der Waals surface area contributed by atoms with Gasteiger partial charge in [0.2, 0.25) is 0 Å². The highest BCUT2D eigenvalue weighted by Crippen LogP contribution is 2.21. The van der Waals surface area contributed by atoms with Gasteiger partial charge in [-0.1, -0.05) is 18.2 Å². The highest BCUT2D eigenvalue weighted by atomic mass is 19.1. The Morgan fingerprint density at radius 1 is 1.14 bits per heavy atom. The number of ether oxygens (including phenoxy) is 1. The van der Waals surface area contributed by atoms with Gasteiger partial charge in [0, 0.05) is 24.1 Å². The summed E-state index contributed by atoms with van der Waals surface area (Å²) in [5.74, 6) is -0.309. The summed E-state index contributed by atoms with van der Waals surface area (Å²) in [6.45, 7) is 2.45. The summed E-state index contributed by atoms with van der Waals surface area (Å²) < 4.78 is 32.4. The van der Waals surface area contributed by atoms with Crippen LogP contribution in [0.5, 0.6) is 5.75 Å². The van der Waals surface area contributed by atoms with E-state index in [1.54, 1.807) is 7.05 Å². The molecule has 0 saturated carbocycles. The van der Waals surface area contributed by atoms with Crippen LogP contribution in [0.15, 0.2) is 42.5 Å². The molecule has 4 heteroatoms. The van der Waals surface area contributed by atoms with E-state index < -0.39 is 11.6 Å². The van der Waals surface area contributed by atoms with Gasteiger partial charge in [0.25, 0.3) is 0 Å². The third-order valence-corrected chi connectivity index (χ3v) is 3.35. The molecule has 112 valence electrons. The second-order valence-electron chi connectivity index (χ2n) is 4.96. The van der Waals surface area contributed by atoms with Crippen molar-refractivity contribution >= 4 is 0 Å². The van der Waals surface area contributed by atoms with Gasteiger partial charge in [-0.15, -0.1) is 0 Å². The molecule has 1 unspecified atom stereocenters. The van der Waals surface area contributed by atoms with E-state index in [1.165, 1.54) is 12.1 Å². The molecule has 0 heterocycles. The fourth-order valence-electron chi connectivity index (χ4n) is 2.24. The van der Waals surface area contributed by atoms with E-state index in [-0.39, 0.29) is 6.04 Å². The zero-order valence-corrected chi connectivity index (χ0v) is 12.2. The second kappa shape index (κ2) is 7.18. The summed E-state index contributed by atoms with van der Waals surface area (Å²) in [7, 11) is 1.75. The molecule has 2 nitrogen and oxygen atoms in total. The van der Waals surface area contributed by atoms with Gasteiger partial charge in [-0.05, 0) is 37.7 Å². The van der Waals surface area contributed by atoms with Crippen molar-refractivity contribution in [1.82, 2.24) is 5.32 Å². The predicted octanol–water partition coefficient (Wildman–Crippen LogP) is 4.00. The van der Waals surface area contributed by atoms with Crippen LogP contribution >= 0.6 is 0 Å².